The molecule has 1 N–H and O–H groups in total. The van der Waals surface area contributed by atoms with E-state index in [1.165, 1.54) is 51.0 Å². The number of phenolic OH excluding ortho intramolecular Hbond substituents is 1. The van der Waals surface area contributed by atoms with Crippen molar-refractivity contribution < 1.29 is 19.4 Å². The number of aromatic hydroxyl groups is 1. The van der Waals surface area contributed by atoms with Crippen LogP contribution in [0.5, 0.6) is 17.2 Å². The van der Waals surface area contributed by atoms with E-state index in [1.54, 1.807) is 12.1 Å². The summed E-state index contributed by atoms with van der Waals surface area (Å²) in [5.41, 5.74) is 1.27. The van der Waals surface area contributed by atoms with Crippen molar-refractivity contribution in [1.82, 2.24) is 0 Å². The molecule has 28 heavy (non-hydrogen) atoms. The Morgan fingerprint density at radius 1 is 0.821 bits per heavy atom. The number of aldehydes is 1. The van der Waals surface area contributed by atoms with Crippen molar-refractivity contribution in [3.05, 3.63) is 53.6 Å². The monoisotopic (exact) mass is 384 g/mol. The lowest BCUT2D eigenvalue weighted by Gasteiger charge is -2.09. The van der Waals surface area contributed by atoms with Crippen molar-refractivity contribution in [2.24, 2.45) is 0 Å². The second-order valence-corrected chi connectivity index (χ2v) is 7.09. The summed E-state index contributed by atoms with van der Waals surface area (Å²) in [5, 5.41) is 9.68. The van der Waals surface area contributed by atoms with E-state index in [2.05, 4.69) is 6.92 Å². The van der Waals surface area contributed by atoms with Gasteiger partial charge >= 0.3 is 0 Å². The van der Waals surface area contributed by atoms with Gasteiger partial charge in [0, 0.05) is 6.07 Å². The number of benzene rings is 2. The largest absolute Gasteiger partial charge is 0.507 e. The van der Waals surface area contributed by atoms with Crippen molar-refractivity contribution in [3.8, 4) is 17.2 Å². The highest BCUT2D eigenvalue weighted by atomic mass is 16.5. The molecule has 0 aliphatic heterocycles. The standard InChI is InChI=1S/C24H32O4/c1-2-3-4-5-6-7-8-9-16-27-22-13-10-20(11-14-22)19-28-23-15-12-21(18-25)24(26)17-23/h10-15,17-18,26H,2-9,16,19H2,1H3. The van der Waals surface area contributed by atoms with Crippen LogP contribution in [-0.2, 0) is 6.61 Å². The predicted octanol–water partition coefficient (Wildman–Crippen LogP) is 6.30. The van der Waals surface area contributed by atoms with Crippen LogP contribution in [0.25, 0.3) is 0 Å². The Morgan fingerprint density at radius 2 is 1.46 bits per heavy atom. The summed E-state index contributed by atoms with van der Waals surface area (Å²) in [4.78, 5) is 10.7. The predicted molar refractivity (Wildman–Crippen MR) is 112 cm³/mol. The van der Waals surface area contributed by atoms with Crippen LogP contribution in [0.15, 0.2) is 42.5 Å². The summed E-state index contributed by atoms with van der Waals surface area (Å²) < 4.78 is 11.5. The minimum Gasteiger partial charge on any atom is -0.507 e. The molecule has 0 heterocycles. The lowest BCUT2D eigenvalue weighted by molar-refractivity contribution is 0.112. The van der Waals surface area contributed by atoms with Crippen LogP contribution >= 0.6 is 0 Å². The SMILES string of the molecule is CCCCCCCCCCOc1ccc(COc2ccc(C=O)c(O)c2)cc1. The van der Waals surface area contributed by atoms with Crippen LogP contribution in [0.3, 0.4) is 0 Å². The lowest BCUT2D eigenvalue weighted by atomic mass is 10.1. The van der Waals surface area contributed by atoms with Gasteiger partial charge in [-0.3, -0.25) is 4.79 Å². The topological polar surface area (TPSA) is 55.8 Å². The number of ether oxygens (including phenoxy) is 2. The van der Waals surface area contributed by atoms with Crippen molar-refractivity contribution in [2.75, 3.05) is 6.61 Å². The first-order valence-corrected chi connectivity index (χ1v) is 10.4. The minimum atomic E-state index is -0.0720. The van der Waals surface area contributed by atoms with Crippen LogP contribution < -0.4 is 9.47 Å². The van der Waals surface area contributed by atoms with E-state index >= 15 is 0 Å². The molecule has 4 nitrogen and oxygen atoms in total. The molecule has 0 radical (unpaired) electrons. The smallest absolute Gasteiger partial charge is 0.153 e. The molecule has 0 aliphatic rings. The summed E-state index contributed by atoms with van der Waals surface area (Å²) in [6.45, 7) is 3.39. The van der Waals surface area contributed by atoms with Crippen LogP contribution in [0.1, 0.15) is 74.2 Å². The molecule has 0 amide bonds. The molecular formula is C24H32O4. The molecule has 2 aromatic rings. The van der Waals surface area contributed by atoms with Crippen molar-refractivity contribution >= 4 is 6.29 Å². The molecule has 152 valence electrons. The zero-order valence-electron chi connectivity index (χ0n) is 16.9. The van der Waals surface area contributed by atoms with E-state index < -0.39 is 0 Å². The van der Waals surface area contributed by atoms with Gasteiger partial charge in [-0.1, -0.05) is 64.0 Å². The van der Waals surface area contributed by atoms with Crippen LogP contribution in [0.2, 0.25) is 0 Å². The van der Waals surface area contributed by atoms with Gasteiger partial charge in [0.2, 0.25) is 0 Å². The molecule has 0 fully saturated rings. The zero-order valence-corrected chi connectivity index (χ0v) is 16.9. The number of unbranched alkanes of at least 4 members (excludes halogenated alkanes) is 7. The van der Waals surface area contributed by atoms with Gasteiger partial charge in [-0.15, -0.1) is 0 Å². The van der Waals surface area contributed by atoms with E-state index in [0.29, 0.717) is 18.6 Å². The molecule has 0 bridgehead atoms. The van der Waals surface area contributed by atoms with E-state index in [1.807, 2.05) is 24.3 Å². The number of carbonyl (C=O) groups excluding carboxylic acids is 1. The van der Waals surface area contributed by atoms with Gasteiger partial charge in [-0.05, 0) is 36.2 Å². The molecule has 2 aromatic carbocycles. The van der Waals surface area contributed by atoms with Crippen LogP contribution in [0, 0.1) is 0 Å². The molecule has 0 atom stereocenters. The van der Waals surface area contributed by atoms with Crippen molar-refractivity contribution in [3.63, 3.8) is 0 Å². The molecule has 0 saturated heterocycles. The van der Waals surface area contributed by atoms with E-state index in [4.69, 9.17) is 9.47 Å². The third-order valence-electron chi connectivity index (χ3n) is 4.72. The van der Waals surface area contributed by atoms with Crippen molar-refractivity contribution in [1.29, 1.82) is 0 Å². The summed E-state index contributed by atoms with van der Waals surface area (Å²) in [7, 11) is 0. The van der Waals surface area contributed by atoms with Crippen molar-refractivity contribution in [2.45, 2.75) is 64.9 Å². The number of hydrogen-bond acceptors (Lipinski definition) is 4. The summed E-state index contributed by atoms with van der Waals surface area (Å²) >= 11 is 0. The maximum Gasteiger partial charge on any atom is 0.153 e. The van der Waals surface area contributed by atoms with Gasteiger partial charge in [0.05, 0.1) is 12.2 Å². The highest BCUT2D eigenvalue weighted by Gasteiger charge is 2.03. The highest BCUT2D eigenvalue weighted by molar-refractivity contribution is 5.79. The molecule has 4 heteroatoms. The minimum absolute atomic E-state index is 0.0720. The zero-order chi connectivity index (χ0) is 20.0. The normalized spacial score (nSPS) is 10.6. The van der Waals surface area contributed by atoms with Gasteiger partial charge < -0.3 is 14.6 Å². The fourth-order valence-corrected chi connectivity index (χ4v) is 2.99. The van der Waals surface area contributed by atoms with E-state index in [9.17, 15) is 9.90 Å². The lowest BCUT2D eigenvalue weighted by Crippen LogP contribution is -1.99. The Hall–Kier alpha value is -2.49. The number of rotatable bonds is 14. The Bertz CT molecular complexity index is 694. The van der Waals surface area contributed by atoms with Gasteiger partial charge in [-0.25, -0.2) is 0 Å². The summed E-state index contributed by atoms with van der Waals surface area (Å²) in [5.74, 6) is 1.33. The van der Waals surface area contributed by atoms with Crippen LogP contribution in [-0.4, -0.2) is 18.0 Å². The Morgan fingerprint density at radius 3 is 2.11 bits per heavy atom. The molecule has 0 unspecified atom stereocenters. The Balaban J connectivity index is 1.62. The van der Waals surface area contributed by atoms with E-state index in [-0.39, 0.29) is 11.3 Å². The van der Waals surface area contributed by atoms with E-state index in [0.717, 1.165) is 24.3 Å². The second-order valence-electron chi connectivity index (χ2n) is 7.09. The van der Waals surface area contributed by atoms with Gasteiger partial charge in [0.1, 0.15) is 23.9 Å². The number of hydrogen-bond donors (Lipinski definition) is 1. The summed E-state index contributed by atoms with van der Waals surface area (Å²) in [6, 6.07) is 12.5. The van der Waals surface area contributed by atoms with Gasteiger partial charge in [-0.2, -0.15) is 0 Å². The molecular weight excluding hydrogens is 352 g/mol. The maximum atomic E-state index is 10.7. The first-order valence-electron chi connectivity index (χ1n) is 10.4. The average Bonchev–Trinajstić information content (AvgIpc) is 2.72. The van der Waals surface area contributed by atoms with Gasteiger partial charge in [0.15, 0.2) is 6.29 Å². The fraction of sp³-hybridized carbons (Fsp3) is 0.458. The first kappa shape index (κ1) is 21.8. The van der Waals surface area contributed by atoms with Gasteiger partial charge in [0.25, 0.3) is 0 Å². The Kier molecular flexibility index (Phi) is 9.98. The third-order valence-corrected chi connectivity index (χ3v) is 4.72. The first-order chi connectivity index (χ1) is 13.7. The third kappa shape index (κ3) is 8.03. The number of phenols is 1. The molecule has 2 rings (SSSR count). The molecule has 0 saturated carbocycles. The average molecular weight is 385 g/mol. The Labute approximate surface area is 168 Å². The summed E-state index contributed by atoms with van der Waals surface area (Å²) in [6.07, 6.45) is 11.0. The second kappa shape index (κ2) is 12.8. The molecule has 0 spiro atoms. The van der Waals surface area contributed by atoms with Crippen LogP contribution in [0.4, 0.5) is 0 Å². The molecule has 0 aliphatic carbocycles. The quantitative estimate of drug-likeness (QED) is 0.306. The maximum absolute atomic E-state index is 10.7. The fourth-order valence-electron chi connectivity index (χ4n) is 2.99. The highest BCUT2D eigenvalue weighted by Crippen LogP contribution is 2.23. The number of carbonyl (C=O) groups is 1. The molecule has 0 aromatic heterocycles.